The Morgan fingerprint density at radius 1 is 0.964 bits per heavy atom. The number of alkyl halides is 3. The number of nitrogens with one attached hydrogen (secondary N) is 2. The van der Waals surface area contributed by atoms with Crippen LogP contribution < -0.4 is 10.0 Å². The van der Waals surface area contributed by atoms with E-state index in [0.29, 0.717) is 6.07 Å². The van der Waals surface area contributed by atoms with Crippen molar-refractivity contribution in [2.75, 3.05) is 10.0 Å². The topological polar surface area (TPSA) is 75.3 Å². The van der Waals surface area contributed by atoms with E-state index in [4.69, 9.17) is 0 Å². The number of hydrogen-bond donors (Lipinski definition) is 2. The summed E-state index contributed by atoms with van der Waals surface area (Å²) in [6, 6.07) is 8.79. The van der Waals surface area contributed by atoms with Crippen LogP contribution >= 0.6 is 0 Å². The maximum atomic E-state index is 13.4. The molecule has 0 aromatic heterocycles. The first kappa shape index (κ1) is 21.7. The lowest BCUT2D eigenvalue weighted by molar-refractivity contribution is -0.136. The van der Waals surface area contributed by atoms with Gasteiger partial charge in [0, 0.05) is 12.6 Å². The highest BCUT2D eigenvalue weighted by Crippen LogP contribution is 2.37. The smallest absolute Gasteiger partial charge is 0.326 e. The summed E-state index contributed by atoms with van der Waals surface area (Å²) in [5.74, 6) is -0.541. The largest absolute Gasteiger partial charge is 0.418 e. The summed E-state index contributed by atoms with van der Waals surface area (Å²) >= 11 is 0. The summed E-state index contributed by atoms with van der Waals surface area (Å²) in [5, 5.41) is 2.24. The zero-order valence-electron chi connectivity index (χ0n) is 15.8. The van der Waals surface area contributed by atoms with Crippen molar-refractivity contribution in [2.24, 2.45) is 0 Å². The number of benzene rings is 2. The van der Waals surface area contributed by atoms with Gasteiger partial charge in [-0.05, 0) is 41.3 Å². The van der Waals surface area contributed by atoms with Crippen molar-refractivity contribution < 1.29 is 26.4 Å². The number of carbonyl (C=O) groups excluding carboxylic acids is 1. The molecule has 0 aliphatic carbocycles. The van der Waals surface area contributed by atoms with Crippen LogP contribution in [-0.4, -0.2) is 14.3 Å². The molecule has 0 spiro atoms. The first-order valence-corrected chi connectivity index (χ1v) is 9.81. The van der Waals surface area contributed by atoms with Crippen molar-refractivity contribution >= 4 is 27.3 Å². The molecule has 0 heterocycles. The van der Waals surface area contributed by atoms with Crippen LogP contribution in [0.15, 0.2) is 47.4 Å². The normalized spacial score (nSPS) is 12.5. The van der Waals surface area contributed by atoms with Crippen LogP contribution in [0.1, 0.15) is 38.8 Å². The molecule has 0 fully saturated rings. The SMILES string of the molecule is CC(=O)Nc1ccc(NS(=O)(=O)c2ccc(C(C)(C)C)cc2)c(C(F)(F)F)c1. The van der Waals surface area contributed by atoms with E-state index in [1.54, 1.807) is 12.1 Å². The summed E-state index contributed by atoms with van der Waals surface area (Å²) in [4.78, 5) is 10.9. The molecule has 0 radical (unpaired) electrons. The molecule has 0 atom stereocenters. The zero-order valence-corrected chi connectivity index (χ0v) is 16.6. The number of hydrogen-bond acceptors (Lipinski definition) is 3. The van der Waals surface area contributed by atoms with Crippen LogP contribution in [0, 0.1) is 0 Å². The molecule has 0 aliphatic heterocycles. The van der Waals surface area contributed by atoms with E-state index in [1.165, 1.54) is 18.2 Å². The van der Waals surface area contributed by atoms with Gasteiger partial charge in [0.2, 0.25) is 5.91 Å². The fourth-order valence-corrected chi connectivity index (χ4v) is 3.57. The Hall–Kier alpha value is -2.55. The Bertz CT molecular complexity index is 977. The van der Waals surface area contributed by atoms with Crippen molar-refractivity contribution in [3.8, 4) is 0 Å². The first-order chi connectivity index (χ1) is 12.7. The van der Waals surface area contributed by atoms with Crippen LogP contribution in [0.3, 0.4) is 0 Å². The van der Waals surface area contributed by atoms with Crippen LogP contribution in [0.2, 0.25) is 0 Å². The van der Waals surface area contributed by atoms with Crippen LogP contribution in [0.25, 0.3) is 0 Å². The molecular weight excluding hydrogens is 393 g/mol. The van der Waals surface area contributed by atoms with Gasteiger partial charge in [-0.1, -0.05) is 32.9 Å². The molecule has 1 amide bonds. The molecule has 9 heteroatoms. The average Bonchev–Trinajstić information content (AvgIpc) is 2.54. The quantitative estimate of drug-likeness (QED) is 0.757. The summed E-state index contributed by atoms with van der Waals surface area (Å²) in [6.07, 6.45) is -4.82. The summed E-state index contributed by atoms with van der Waals surface area (Å²) < 4.78 is 67.2. The standard InChI is InChI=1S/C19H21F3N2O3S/c1-12(25)23-14-7-10-17(16(11-14)19(20,21)22)24-28(26,27)15-8-5-13(6-9-15)18(2,3)4/h5-11,24H,1-4H3,(H,23,25). The highest BCUT2D eigenvalue weighted by atomic mass is 32.2. The van der Waals surface area contributed by atoms with E-state index >= 15 is 0 Å². The van der Waals surface area contributed by atoms with Gasteiger partial charge in [-0.15, -0.1) is 0 Å². The third-order valence-corrected chi connectivity index (χ3v) is 5.30. The van der Waals surface area contributed by atoms with Gasteiger partial charge >= 0.3 is 6.18 Å². The summed E-state index contributed by atoms with van der Waals surface area (Å²) in [7, 11) is -4.23. The van der Waals surface area contributed by atoms with Gasteiger partial charge in [-0.25, -0.2) is 8.42 Å². The molecule has 0 saturated heterocycles. The van der Waals surface area contributed by atoms with Gasteiger partial charge < -0.3 is 5.32 Å². The summed E-state index contributed by atoms with van der Waals surface area (Å²) in [5.41, 5.74) is -1.21. The number of sulfonamides is 1. The van der Waals surface area contributed by atoms with E-state index in [-0.39, 0.29) is 16.0 Å². The predicted molar refractivity (Wildman–Crippen MR) is 102 cm³/mol. The van der Waals surface area contributed by atoms with Crippen molar-refractivity contribution in [1.82, 2.24) is 0 Å². The van der Waals surface area contributed by atoms with E-state index in [1.807, 2.05) is 25.5 Å². The fourth-order valence-electron chi connectivity index (χ4n) is 2.49. The maximum Gasteiger partial charge on any atom is 0.418 e. The molecule has 2 rings (SSSR count). The number of rotatable bonds is 4. The molecule has 2 N–H and O–H groups in total. The minimum absolute atomic E-state index is 0.0858. The second-order valence-electron chi connectivity index (χ2n) is 7.32. The van der Waals surface area contributed by atoms with E-state index in [2.05, 4.69) is 5.32 Å². The minimum atomic E-state index is -4.82. The van der Waals surface area contributed by atoms with Crippen LogP contribution in [-0.2, 0) is 26.4 Å². The second kappa shape index (κ2) is 7.46. The third kappa shape index (κ3) is 5.25. The Morgan fingerprint density at radius 3 is 2.00 bits per heavy atom. The zero-order chi connectivity index (χ0) is 21.3. The van der Waals surface area contributed by atoms with Gasteiger partial charge in [0.1, 0.15) is 0 Å². The van der Waals surface area contributed by atoms with Crippen molar-refractivity contribution in [3.63, 3.8) is 0 Å². The van der Waals surface area contributed by atoms with E-state index in [0.717, 1.165) is 18.6 Å². The molecular formula is C19H21F3N2O3S. The van der Waals surface area contributed by atoms with Gasteiger partial charge in [0.25, 0.3) is 10.0 Å². The van der Waals surface area contributed by atoms with Gasteiger partial charge in [-0.2, -0.15) is 13.2 Å². The molecule has 2 aromatic carbocycles. The van der Waals surface area contributed by atoms with E-state index < -0.39 is 33.4 Å². The maximum absolute atomic E-state index is 13.4. The number of halogens is 3. The molecule has 152 valence electrons. The molecule has 2 aromatic rings. The highest BCUT2D eigenvalue weighted by Gasteiger charge is 2.35. The molecule has 0 bridgehead atoms. The summed E-state index contributed by atoms with van der Waals surface area (Å²) in [6.45, 7) is 7.04. The number of carbonyl (C=O) groups is 1. The lowest BCUT2D eigenvalue weighted by Crippen LogP contribution is -2.18. The van der Waals surface area contributed by atoms with Gasteiger partial charge in [0.15, 0.2) is 0 Å². The second-order valence-corrected chi connectivity index (χ2v) is 9.00. The van der Waals surface area contributed by atoms with Gasteiger partial charge in [0.05, 0.1) is 16.1 Å². The van der Waals surface area contributed by atoms with Crippen molar-refractivity contribution in [2.45, 2.75) is 44.2 Å². The molecule has 0 unspecified atom stereocenters. The Labute approximate surface area is 162 Å². The van der Waals surface area contributed by atoms with Crippen molar-refractivity contribution in [3.05, 3.63) is 53.6 Å². The first-order valence-electron chi connectivity index (χ1n) is 8.32. The molecule has 0 saturated carbocycles. The van der Waals surface area contributed by atoms with Crippen LogP contribution in [0.5, 0.6) is 0 Å². The Kier molecular flexibility index (Phi) is 5.79. The average molecular weight is 414 g/mol. The number of anilines is 2. The Morgan fingerprint density at radius 2 is 1.54 bits per heavy atom. The predicted octanol–water partition coefficient (Wildman–Crippen LogP) is 4.76. The third-order valence-electron chi connectivity index (χ3n) is 3.92. The van der Waals surface area contributed by atoms with Crippen LogP contribution in [0.4, 0.5) is 24.5 Å². The van der Waals surface area contributed by atoms with E-state index in [9.17, 15) is 26.4 Å². The molecule has 0 aliphatic rings. The lowest BCUT2D eigenvalue weighted by Gasteiger charge is -2.20. The fraction of sp³-hybridized carbons (Fsp3) is 0.316. The monoisotopic (exact) mass is 414 g/mol. The van der Waals surface area contributed by atoms with Gasteiger partial charge in [-0.3, -0.25) is 9.52 Å². The minimum Gasteiger partial charge on any atom is -0.326 e. The molecule has 28 heavy (non-hydrogen) atoms. The highest BCUT2D eigenvalue weighted by molar-refractivity contribution is 7.92. The van der Waals surface area contributed by atoms with Crippen molar-refractivity contribution in [1.29, 1.82) is 0 Å². The lowest BCUT2D eigenvalue weighted by atomic mass is 9.87. The molecule has 5 nitrogen and oxygen atoms in total. The number of amides is 1. The Balaban J connectivity index is 2.41.